The number of aromatic nitrogens is 1. The highest BCUT2D eigenvalue weighted by Gasteiger charge is 2.29. The quantitative estimate of drug-likeness (QED) is 0.781. The molecule has 0 amide bonds. The lowest BCUT2D eigenvalue weighted by Gasteiger charge is -2.33. The summed E-state index contributed by atoms with van der Waals surface area (Å²) < 4.78 is 9.53. The maximum absolute atomic E-state index is 11.8. The van der Waals surface area contributed by atoms with Crippen molar-refractivity contribution in [2.75, 3.05) is 20.8 Å². The number of carbonyl (C=O) groups is 2. The van der Waals surface area contributed by atoms with Gasteiger partial charge in [-0.25, -0.2) is 9.78 Å². The molecule has 1 saturated heterocycles. The molecular weight excluding hydrogens is 272 g/mol. The van der Waals surface area contributed by atoms with Crippen molar-refractivity contribution in [3.63, 3.8) is 0 Å². The van der Waals surface area contributed by atoms with Gasteiger partial charge in [0.15, 0.2) is 0 Å². The third-order valence-corrected chi connectivity index (χ3v) is 3.65. The van der Waals surface area contributed by atoms with Crippen LogP contribution in [-0.4, -0.2) is 48.6 Å². The molecule has 0 aromatic carbocycles. The van der Waals surface area contributed by atoms with Gasteiger partial charge in [0.25, 0.3) is 0 Å². The minimum atomic E-state index is -0.458. The van der Waals surface area contributed by atoms with Crippen LogP contribution >= 0.6 is 0 Å². The molecule has 21 heavy (non-hydrogen) atoms. The summed E-state index contributed by atoms with van der Waals surface area (Å²) in [5, 5.41) is 0. The van der Waals surface area contributed by atoms with Crippen LogP contribution in [0.2, 0.25) is 0 Å². The number of piperidine rings is 1. The summed E-state index contributed by atoms with van der Waals surface area (Å²) in [7, 11) is 2.74. The van der Waals surface area contributed by atoms with E-state index in [9.17, 15) is 9.59 Å². The first-order valence-corrected chi connectivity index (χ1v) is 7.02. The predicted octanol–water partition coefficient (Wildman–Crippen LogP) is 1.40. The number of methoxy groups -OCH3 is 2. The smallest absolute Gasteiger partial charge is 0.356 e. The molecule has 0 bridgehead atoms. The van der Waals surface area contributed by atoms with E-state index in [2.05, 4.69) is 14.6 Å². The monoisotopic (exact) mass is 292 g/mol. The topological polar surface area (TPSA) is 68.7 Å². The lowest BCUT2D eigenvalue weighted by Crippen LogP contribution is -2.44. The number of pyridine rings is 1. The lowest BCUT2D eigenvalue weighted by molar-refractivity contribution is -0.148. The molecule has 1 unspecified atom stereocenters. The van der Waals surface area contributed by atoms with E-state index in [1.165, 1.54) is 14.2 Å². The first-order valence-electron chi connectivity index (χ1n) is 7.02. The van der Waals surface area contributed by atoms with E-state index in [1.54, 1.807) is 12.1 Å². The highest BCUT2D eigenvalue weighted by molar-refractivity contribution is 5.87. The van der Waals surface area contributed by atoms with Crippen LogP contribution in [0.1, 0.15) is 35.4 Å². The van der Waals surface area contributed by atoms with Crippen LogP contribution < -0.4 is 0 Å². The first-order chi connectivity index (χ1) is 10.2. The molecule has 1 aliphatic rings. The van der Waals surface area contributed by atoms with Crippen molar-refractivity contribution in [1.29, 1.82) is 0 Å². The fraction of sp³-hybridized carbons (Fsp3) is 0.533. The fourth-order valence-corrected chi connectivity index (χ4v) is 2.58. The minimum absolute atomic E-state index is 0.209. The molecule has 0 spiro atoms. The van der Waals surface area contributed by atoms with E-state index >= 15 is 0 Å². The average Bonchev–Trinajstić information content (AvgIpc) is 2.54. The summed E-state index contributed by atoms with van der Waals surface area (Å²) in [4.78, 5) is 29.7. The molecule has 1 aromatic heterocycles. The standard InChI is InChI=1S/C15H20N2O4/c1-20-14(18)12-7-5-6-11(16-12)10-17-9-4-3-8-13(17)15(19)21-2/h5-7,13H,3-4,8-10H2,1-2H3. The number of carbonyl (C=O) groups excluding carboxylic acids is 2. The van der Waals surface area contributed by atoms with Gasteiger partial charge in [0, 0.05) is 6.54 Å². The van der Waals surface area contributed by atoms with Crippen molar-refractivity contribution >= 4 is 11.9 Å². The molecule has 0 aliphatic carbocycles. The second-order valence-electron chi connectivity index (χ2n) is 5.01. The maximum atomic E-state index is 11.8. The lowest BCUT2D eigenvalue weighted by atomic mass is 10.0. The number of esters is 2. The molecular formula is C15H20N2O4. The Labute approximate surface area is 124 Å². The van der Waals surface area contributed by atoms with Gasteiger partial charge >= 0.3 is 11.9 Å². The van der Waals surface area contributed by atoms with Crippen molar-refractivity contribution in [2.45, 2.75) is 31.8 Å². The Bertz CT molecular complexity index is 518. The Morgan fingerprint density at radius 2 is 2.10 bits per heavy atom. The van der Waals surface area contributed by atoms with Crippen molar-refractivity contribution in [3.05, 3.63) is 29.6 Å². The Hall–Kier alpha value is -1.95. The zero-order valence-corrected chi connectivity index (χ0v) is 12.4. The largest absolute Gasteiger partial charge is 0.468 e. The predicted molar refractivity (Wildman–Crippen MR) is 75.6 cm³/mol. The van der Waals surface area contributed by atoms with Gasteiger partial charge in [0.2, 0.25) is 0 Å². The maximum Gasteiger partial charge on any atom is 0.356 e. The molecule has 1 fully saturated rings. The van der Waals surface area contributed by atoms with Gasteiger partial charge < -0.3 is 9.47 Å². The number of likely N-dealkylation sites (tertiary alicyclic amines) is 1. The Balaban J connectivity index is 2.12. The molecule has 114 valence electrons. The minimum Gasteiger partial charge on any atom is -0.468 e. The van der Waals surface area contributed by atoms with Gasteiger partial charge in [-0.3, -0.25) is 9.69 Å². The van der Waals surface area contributed by atoms with Crippen LogP contribution in [0.3, 0.4) is 0 Å². The van der Waals surface area contributed by atoms with Crippen molar-refractivity contribution in [1.82, 2.24) is 9.88 Å². The first kappa shape index (κ1) is 15.4. The summed E-state index contributed by atoms with van der Waals surface area (Å²) in [6.45, 7) is 1.34. The zero-order chi connectivity index (χ0) is 15.2. The number of ether oxygens (including phenoxy) is 2. The molecule has 1 aliphatic heterocycles. The SMILES string of the molecule is COC(=O)c1cccc(CN2CCCCC2C(=O)OC)n1. The number of rotatable bonds is 4. The van der Waals surface area contributed by atoms with Gasteiger partial charge in [-0.2, -0.15) is 0 Å². The Morgan fingerprint density at radius 3 is 2.81 bits per heavy atom. The van der Waals surface area contributed by atoms with E-state index in [4.69, 9.17) is 4.74 Å². The molecule has 0 radical (unpaired) electrons. The van der Waals surface area contributed by atoms with E-state index in [1.807, 2.05) is 6.07 Å². The van der Waals surface area contributed by atoms with Crippen molar-refractivity contribution in [3.8, 4) is 0 Å². The third-order valence-electron chi connectivity index (χ3n) is 3.65. The molecule has 2 rings (SSSR count). The molecule has 0 saturated carbocycles. The fourth-order valence-electron chi connectivity index (χ4n) is 2.58. The van der Waals surface area contributed by atoms with E-state index in [0.29, 0.717) is 6.54 Å². The molecule has 6 nitrogen and oxygen atoms in total. The van der Waals surface area contributed by atoms with E-state index in [-0.39, 0.29) is 17.7 Å². The molecule has 1 aromatic rings. The van der Waals surface area contributed by atoms with Gasteiger partial charge in [0.05, 0.1) is 19.9 Å². The van der Waals surface area contributed by atoms with Crippen molar-refractivity contribution in [2.24, 2.45) is 0 Å². The normalized spacial score (nSPS) is 19.0. The summed E-state index contributed by atoms with van der Waals surface area (Å²) in [6, 6.07) is 5.00. The molecule has 6 heteroatoms. The van der Waals surface area contributed by atoms with Crippen LogP contribution in [0.25, 0.3) is 0 Å². The van der Waals surface area contributed by atoms with Crippen LogP contribution in [0.15, 0.2) is 18.2 Å². The van der Waals surface area contributed by atoms with Crippen molar-refractivity contribution < 1.29 is 19.1 Å². The number of nitrogens with zero attached hydrogens (tertiary/aromatic N) is 2. The van der Waals surface area contributed by atoms with E-state index in [0.717, 1.165) is 31.5 Å². The highest BCUT2D eigenvalue weighted by atomic mass is 16.5. The van der Waals surface area contributed by atoms with Gasteiger partial charge in [-0.15, -0.1) is 0 Å². The van der Waals surface area contributed by atoms with Crippen LogP contribution in [-0.2, 0) is 20.8 Å². The summed E-state index contributed by atoms with van der Waals surface area (Å²) in [5.41, 5.74) is 1.02. The number of hydrogen-bond acceptors (Lipinski definition) is 6. The van der Waals surface area contributed by atoms with E-state index < -0.39 is 5.97 Å². The summed E-state index contributed by atoms with van der Waals surface area (Å²) >= 11 is 0. The Morgan fingerprint density at radius 1 is 1.29 bits per heavy atom. The van der Waals surface area contributed by atoms with Gasteiger partial charge in [-0.05, 0) is 31.5 Å². The van der Waals surface area contributed by atoms with Gasteiger partial charge in [-0.1, -0.05) is 12.5 Å². The van der Waals surface area contributed by atoms with Crippen LogP contribution in [0.5, 0.6) is 0 Å². The molecule has 0 N–H and O–H groups in total. The zero-order valence-electron chi connectivity index (χ0n) is 12.4. The summed E-state index contributed by atoms with van der Waals surface area (Å²) in [6.07, 6.45) is 2.86. The second-order valence-corrected chi connectivity index (χ2v) is 5.01. The van der Waals surface area contributed by atoms with Crippen LogP contribution in [0, 0.1) is 0 Å². The van der Waals surface area contributed by atoms with Gasteiger partial charge in [0.1, 0.15) is 11.7 Å². The number of hydrogen-bond donors (Lipinski definition) is 0. The highest BCUT2D eigenvalue weighted by Crippen LogP contribution is 2.20. The average molecular weight is 292 g/mol. The Kier molecular flexibility index (Phi) is 5.27. The second kappa shape index (κ2) is 7.17. The molecule has 1 atom stereocenters. The van der Waals surface area contributed by atoms with Crippen LogP contribution in [0.4, 0.5) is 0 Å². The third kappa shape index (κ3) is 3.78. The molecule has 2 heterocycles. The summed E-state index contributed by atoms with van der Waals surface area (Å²) in [5.74, 6) is -0.668.